The second kappa shape index (κ2) is 9.92. The molecule has 37 heavy (non-hydrogen) atoms. The van der Waals surface area contributed by atoms with Crippen LogP contribution < -0.4 is 4.90 Å². The van der Waals surface area contributed by atoms with E-state index in [-0.39, 0.29) is 18.1 Å². The summed E-state index contributed by atoms with van der Waals surface area (Å²) in [7, 11) is 1.89. The van der Waals surface area contributed by atoms with Gasteiger partial charge in [-0.3, -0.25) is 4.79 Å². The highest BCUT2D eigenvalue weighted by molar-refractivity contribution is 5.86. The Hall–Kier alpha value is -3.81. The van der Waals surface area contributed by atoms with Crippen LogP contribution in [0.5, 0.6) is 0 Å². The SMILES string of the molecule is Cn1cc(C(CC(=O)N2CCN(c3ccccc3F)CC2)c2cccc(C(F)(F)F)c2)c2ccccc21. The van der Waals surface area contributed by atoms with Crippen LogP contribution in [0, 0.1) is 5.82 Å². The monoisotopic (exact) mass is 509 g/mol. The lowest BCUT2D eigenvalue weighted by Crippen LogP contribution is -2.49. The normalized spacial score (nSPS) is 15.3. The van der Waals surface area contributed by atoms with Crippen LogP contribution in [-0.4, -0.2) is 41.6 Å². The number of benzene rings is 3. The fourth-order valence-electron chi connectivity index (χ4n) is 5.20. The first kappa shape index (κ1) is 24.9. The van der Waals surface area contributed by atoms with E-state index in [4.69, 9.17) is 0 Å². The molecular formula is C29H27F4N3O. The number of nitrogens with zero attached hydrogens (tertiary/aromatic N) is 3. The molecule has 4 aromatic rings. The first-order valence-corrected chi connectivity index (χ1v) is 12.2. The zero-order valence-electron chi connectivity index (χ0n) is 20.4. The quantitative estimate of drug-likeness (QED) is 0.300. The molecular weight excluding hydrogens is 482 g/mol. The molecule has 5 rings (SSSR count). The average molecular weight is 510 g/mol. The average Bonchev–Trinajstić information content (AvgIpc) is 3.23. The topological polar surface area (TPSA) is 28.5 Å². The maximum absolute atomic E-state index is 14.2. The van der Waals surface area contributed by atoms with Gasteiger partial charge in [0, 0.05) is 62.7 Å². The summed E-state index contributed by atoms with van der Waals surface area (Å²) in [5.41, 5.74) is 1.98. The van der Waals surface area contributed by atoms with Gasteiger partial charge in [-0.15, -0.1) is 0 Å². The van der Waals surface area contributed by atoms with Crippen molar-refractivity contribution in [1.29, 1.82) is 0 Å². The summed E-state index contributed by atoms with van der Waals surface area (Å²) in [4.78, 5) is 17.1. The summed E-state index contributed by atoms with van der Waals surface area (Å²) >= 11 is 0. The third kappa shape index (κ3) is 5.05. The number of halogens is 4. The van der Waals surface area contributed by atoms with Crippen LogP contribution >= 0.6 is 0 Å². The molecule has 1 amide bonds. The Kier molecular flexibility index (Phi) is 6.67. The number of carbonyl (C=O) groups excluding carboxylic acids is 1. The Morgan fingerprint density at radius 2 is 1.62 bits per heavy atom. The van der Waals surface area contributed by atoms with E-state index in [2.05, 4.69) is 0 Å². The number of hydrogen-bond donors (Lipinski definition) is 0. The van der Waals surface area contributed by atoms with Gasteiger partial charge >= 0.3 is 6.18 Å². The van der Waals surface area contributed by atoms with E-state index in [0.29, 0.717) is 37.4 Å². The van der Waals surface area contributed by atoms with E-state index < -0.39 is 17.7 Å². The van der Waals surface area contributed by atoms with Crippen LogP contribution in [-0.2, 0) is 18.0 Å². The molecule has 1 aliphatic heterocycles. The number of rotatable bonds is 5. The van der Waals surface area contributed by atoms with Crippen molar-refractivity contribution in [3.8, 4) is 0 Å². The van der Waals surface area contributed by atoms with E-state index >= 15 is 0 Å². The molecule has 0 bridgehead atoms. The van der Waals surface area contributed by atoms with Gasteiger partial charge < -0.3 is 14.4 Å². The Balaban J connectivity index is 1.43. The number of amides is 1. The highest BCUT2D eigenvalue weighted by Gasteiger charge is 2.33. The van der Waals surface area contributed by atoms with Gasteiger partial charge in [0.05, 0.1) is 11.3 Å². The molecule has 3 aromatic carbocycles. The number of piperazine rings is 1. The van der Waals surface area contributed by atoms with Crippen LogP contribution in [0.3, 0.4) is 0 Å². The molecule has 1 aromatic heterocycles. The minimum absolute atomic E-state index is 0.0367. The predicted octanol–water partition coefficient (Wildman–Crippen LogP) is 6.21. The second-order valence-corrected chi connectivity index (χ2v) is 9.41. The van der Waals surface area contributed by atoms with Gasteiger partial charge in [0.2, 0.25) is 5.91 Å². The Morgan fingerprint density at radius 1 is 0.919 bits per heavy atom. The first-order valence-electron chi connectivity index (χ1n) is 12.2. The molecule has 1 fully saturated rings. The molecule has 1 saturated heterocycles. The molecule has 1 atom stereocenters. The molecule has 1 aliphatic rings. The molecule has 0 N–H and O–H groups in total. The van der Waals surface area contributed by atoms with Crippen molar-refractivity contribution in [3.05, 3.63) is 102 Å². The van der Waals surface area contributed by atoms with Crippen molar-refractivity contribution >= 4 is 22.5 Å². The smallest absolute Gasteiger partial charge is 0.366 e. The van der Waals surface area contributed by atoms with Gasteiger partial charge in [-0.2, -0.15) is 13.2 Å². The van der Waals surface area contributed by atoms with Gasteiger partial charge in [0.1, 0.15) is 5.82 Å². The molecule has 8 heteroatoms. The van der Waals surface area contributed by atoms with E-state index in [0.717, 1.165) is 28.6 Å². The van der Waals surface area contributed by atoms with Crippen LogP contribution in [0.25, 0.3) is 10.9 Å². The van der Waals surface area contributed by atoms with E-state index in [1.54, 1.807) is 29.2 Å². The molecule has 0 spiro atoms. The third-order valence-corrected chi connectivity index (χ3v) is 7.12. The van der Waals surface area contributed by atoms with Gasteiger partial charge in [-0.25, -0.2) is 4.39 Å². The van der Waals surface area contributed by atoms with Crippen LogP contribution in [0.1, 0.15) is 29.0 Å². The number of para-hydroxylation sites is 2. The molecule has 1 unspecified atom stereocenters. The largest absolute Gasteiger partial charge is 0.416 e. The fraction of sp³-hybridized carbons (Fsp3) is 0.276. The Labute approximate surface area is 212 Å². The van der Waals surface area contributed by atoms with E-state index in [1.807, 2.05) is 47.0 Å². The maximum atomic E-state index is 14.2. The van der Waals surface area contributed by atoms with Crippen molar-refractivity contribution in [2.45, 2.75) is 18.5 Å². The molecule has 2 heterocycles. The summed E-state index contributed by atoms with van der Waals surface area (Å²) in [6.45, 7) is 1.79. The first-order chi connectivity index (χ1) is 17.7. The summed E-state index contributed by atoms with van der Waals surface area (Å²) in [6.07, 6.45) is -2.54. The molecule has 192 valence electrons. The van der Waals surface area contributed by atoms with E-state index in [1.165, 1.54) is 12.1 Å². The third-order valence-electron chi connectivity index (χ3n) is 7.12. The standard InChI is InChI=1S/C29H27F4N3O/c1-34-19-24(22-9-2-4-11-26(22)34)23(20-7-6-8-21(17-20)29(31,32)33)18-28(37)36-15-13-35(14-16-36)27-12-5-3-10-25(27)30/h2-12,17,19,23H,13-16,18H2,1H3. The van der Waals surface area contributed by atoms with Crippen LogP contribution in [0.2, 0.25) is 0 Å². The number of carbonyl (C=O) groups is 1. The number of aryl methyl sites for hydroxylation is 1. The van der Waals surface area contributed by atoms with Crippen molar-refractivity contribution in [2.24, 2.45) is 7.05 Å². The summed E-state index contributed by atoms with van der Waals surface area (Å²) in [5.74, 6) is -0.989. The lowest BCUT2D eigenvalue weighted by molar-refractivity contribution is -0.137. The lowest BCUT2D eigenvalue weighted by Gasteiger charge is -2.36. The zero-order valence-corrected chi connectivity index (χ0v) is 20.4. The lowest BCUT2D eigenvalue weighted by atomic mass is 9.87. The molecule has 0 saturated carbocycles. The fourth-order valence-corrected chi connectivity index (χ4v) is 5.20. The highest BCUT2D eigenvalue weighted by Crippen LogP contribution is 2.38. The number of aromatic nitrogens is 1. The number of anilines is 1. The number of hydrogen-bond acceptors (Lipinski definition) is 2. The van der Waals surface area contributed by atoms with Gasteiger partial charge in [0.25, 0.3) is 0 Å². The van der Waals surface area contributed by atoms with E-state index in [9.17, 15) is 22.4 Å². The summed E-state index contributed by atoms with van der Waals surface area (Å²) in [6, 6.07) is 19.5. The Bertz CT molecular complexity index is 1420. The minimum atomic E-state index is -4.48. The van der Waals surface area contributed by atoms with Crippen LogP contribution in [0.4, 0.5) is 23.2 Å². The highest BCUT2D eigenvalue weighted by atomic mass is 19.4. The second-order valence-electron chi connectivity index (χ2n) is 9.41. The van der Waals surface area contributed by atoms with Crippen molar-refractivity contribution in [3.63, 3.8) is 0 Å². The number of fused-ring (bicyclic) bond motifs is 1. The minimum Gasteiger partial charge on any atom is -0.366 e. The van der Waals surface area contributed by atoms with Gasteiger partial charge in [-0.05, 0) is 35.4 Å². The van der Waals surface area contributed by atoms with Crippen molar-refractivity contribution in [2.75, 3.05) is 31.1 Å². The summed E-state index contributed by atoms with van der Waals surface area (Å²) < 4.78 is 56.8. The predicted molar refractivity (Wildman–Crippen MR) is 136 cm³/mol. The molecule has 0 radical (unpaired) electrons. The summed E-state index contributed by atoms with van der Waals surface area (Å²) in [5, 5.41) is 0.907. The zero-order chi connectivity index (χ0) is 26.2. The molecule has 0 aliphatic carbocycles. The van der Waals surface area contributed by atoms with Gasteiger partial charge in [0.15, 0.2) is 0 Å². The molecule has 4 nitrogen and oxygen atoms in total. The van der Waals surface area contributed by atoms with Crippen LogP contribution in [0.15, 0.2) is 79.0 Å². The number of alkyl halides is 3. The maximum Gasteiger partial charge on any atom is 0.416 e. The Morgan fingerprint density at radius 3 is 2.35 bits per heavy atom. The van der Waals surface area contributed by atoms with Crippen molar-refractivity contribution < 1.29 is 22.4 Å². The van der Waals surface area contributed by atoms with Gasteiger partial charge in [-0.1, -0.05) is 48.5 Å². The van der Waals surface area contributed by atoms with Crippen molar-refractivity contribution in [1.82, 2.24) is 9.47 Å².